The number of aliphatic hydroxyl groups is 1. The Kier molecular flexibility index (Phi) is 4.99. The molecule has 1 rings (SSSR count). The Balaban J connectivity index is 2.66. The molecule has 0 aliphatic heterocycles. The van der Waals surface area contributed by atoms with Gasteiger partial charge in [-0.3, -0.25) is 4.79 Å². The van der Waals surface area contributed by atoms with E-state index in [1.807, 2.05) is 44.2 Å². The molecule has 1 aromatic carbocycles. The van der Waals surface area contributed by atoms with Crippen molar-refractivity contribution >= 4 is 5.91 Å². The van der Waals surface area contributed by atoms with Gasteiger partial charge >= 0.3 is 0 Å². The molecule has 1 aromatic rings. The molecule has 0 heterocycles. The van der Waals surface area contributed by atoms with E-state index in [2.05, 4.69) is 5.32 Å². The second kappa shape index (κ2) is 6.28. The molecule has 0 spiro atoms. The van der Waals surface area contributed by atoms with Gasteiger partial charge in [-0.2, -0.15) is 0 Å². The largest absolute Gasteiger partial charge is 0.394 e. The number of aliphatic hydroxyl groups excluding tert-OH is 1. The van der Waals surface area contributed by atoms with Gasteiger partial charge in [-0.1, -0.05) is 44.2 Å². The highest BCUT2D eigenvalue weighted by atomic mass is 16.3. The summed E-state index contributed by atoms with van der Waals surface area (Å²) in [5.41, 5.74) is 0.932. The average Bonchev–Trinajstić information content (AvgIpc) is 2.35. The number of benzene rings is 1. The van der Waals surface area contributed by atoms with Gasteiger partial charge in [-0.15, -0.1) is 0 Å². The Bertz CT molecular complexity index is 324. The molecule has 2 N–H and O–H groups in total. The third-order valence-electron chi connectivity index (χ3n) is 2.76. The molecule has 88 valence electrons. The van der Waals surface area contributed by atoms with Crippen LogP contribution in [0.25, 0.3) is 0 Å². The van der Waals surface area contributed by atoms with Crippen LogP contribution in [-0.2, 0) is 4.79 Å². The molecule has 0 aliphatic carbocycles. The maximum atomic E-state index is 11.7. The maximum absolute atomic E-state index is 11.7. The highest BCUT2D eigenvalue weighted by Gasteiger charge is 2.16. The molecule has 0 saturated carbocycles. The van der Waals surface area contributed by atoms with Crippen LogP contribution in [0.1, 0.15) is 31.9 Å². The van der Waals surface area contributed by atoms with Crippen molar-refractivity contribution in [2.24, 2.45) is 5.92 Å². The fraction of sp³-hybridized carbons (Fsp3) is 0.462. The van der Waals surface area contributed by atoms with E-state index in [0.29, 0.717) is 0 Å². The summed E-state index contributed by atoms with van der Waals surface area (Å²) in [6.45, 7) is 3.78. The van der Waals surface area contributed by atoms with Crippen molar-refractivity contribution in [2.75, 3.05) is 6.61 Å². The SMILES string of the molecule is CCC(C)C(=O)N[C@@H](CO)c1ccccc1. The van der Waals surface area contributed by atoms with Crippen molar-refractivity contribution in [3.63, 3.8) is 0 Å². The third-order valence-corrected chi connectivity index (χ3v) is 2.76. The highest BCUT2D eigenvalue weighted by Crippen LogP contribution is 2.13. The molecule has 0 aromatic heterocycles. The third kappa shape index (κ3) is 3.35. The van der Waals surface area contributed by atoms with Gasteiger partial charge in [-0.25, -0.2) is 0 Å². The Labute approximate surface area is 96.5 Å². The van der Waals surface area contributed by atoms with E-state index >= 15 is 0 Å². The van der Waals surface area contributed by atoms with E-state index in [1.165, 1.54) is 0 Å². The van der Waals surface area contributed by atoms with Crippen LogP contribution in [0.4, 0.5) is 0 Å². The summed E-state index contributed by atoms with van der Waals surface area (Å²) in [4.78, 5) is 11.7. The lowest BCUT2D eigenvalue weighted by Gasteiger charge is -2.19. The fourth-order valence-corrected chi connectivity index (χ4v) is 1.42. The summed E-state index contributed by atoms with van der Waals surface area (Å²) in [6.07, 6.45) is 0.804. The molecule has 0 saturated heterocycles. The van der Waals surface area contributed by atoms with E-state index in [4.69, 9.17) is 0 Å². The van der Waals surface area contributed by atoms with Crippen LogP contribution in [0.2, 0.25) is 0 Å². The number of carbonyl (C=O) groups is 1. The smallest absolute Gasteiger partial charge is 0.223 e. The molecule has 16 heavy (non-hydrogen) atoms. The van der Waals surface area contributed by atoms with Gasteiger partial charge in [0.2, 0.25) is 5.91 Å². The second-order valence-electron chi connectivity index (χ2n) is 3.96. The molecule has 2 atom stereocenters. The minimum Gasteiger partial charge on any atom is -0.394 e. The molecule has 1 unspecified atom stereocenters. The van der Waals surface area contributed by atoms with Crippen LogP contribution < -0.4 is 5.32 Å². The van der Waals surface area contributed by atoms with Crippen LogP contribution in [-0.4, -0.2) is 17.6 Å². The first-order valence-electron chi connectivity index (χ1n) is 5.65. The number of hydrogen-bond donors (Lipinski definition) is 2. The number of hydrogen-bond acceptors (Lipinski definition) is 2. The van der Waals surface area contributed by atoms with E-state index in [9.17, 15) is 9.90 Å². The van der Waals surface area contributed by atoms with Crippen molar-refractivity contribution in [2.45, 2.75) is 26.3 Å². The van der Waals surface area contributed by atoms with Crippen molar-refractivity contribution in [3.05, 3.63) is 35.9 Å². The van der Waals surface area contributed by atoms with Crippen LogP contribution in [0, 0.1) is 5.92 Å². The molecule has 0 bridgehead atoms. The van der Waals surface area contributed by atoms with Gasteiger partial charge in [0.15, 0.2) is 0 Å². The second-order valence-corrected chi connectivity index (χ2v) is 3.96. The standard InChI is InChI=1S/C13H19NO2/c1-3-10(2)13(16)14-12(9-15)11-7-5-4-6-8-11/h4-8,10,12,15H,3,9H2,1-2H3,(H,14,16)/t10?,12-/m0/s1. The van der Waals surface area contributed by atoms with Crippen molar-refractivity contribution in [1.82, 2.24) is 5.32 Å². The Morgan fingerprint density at radius 2 is 2.00 bits per heavy atom. The lowest BCUT2D eigenvalue weighted by Crippen LogP contribution is -2.34. The zero-order valence-electron chi connectivity index (χ0n) is 9.81. The molecule has 3 heteroatoms. The predicted octanol–water partition coefficient (Wildman–Crippen LogP) is 1.88. The zero-order chi connectivity index (χ0) is 12.0. The first kappa shape index (κ1) is 12.7. The van der Waals surface area contributed by atoms with E-state index in [-0.39, 0.29) is 24.5 Å². The Morgan fingerprint density at radius 3 is 2.50 bits per heavy atom. The minimum absolute atomic E-state index is 0.00889. The highest BCUT2D eigenvalue weighted by molar-refractivity contribution is 5.78. The number of amides is 1. The summed E-state index contributed by atoms with van der Waals surface area (Å²) in [5.74, 6) is -0.0248. The number of carbonyl (C=O) groups excluding carboxylic acids is 1. The molecular formula is C13H19NO2. The number of nitrogens with one attached hydrogen (secondary N) is 1. The van der Waals surface area contributed by atoms with Crippen molar-refractivity contribution < 1.29 is 9.90 Å². The van der Waals surface area contributed by atoms with Crippen LogP contribution in [0.5, 0.6) is 0 Å². The molecule has 3 nitrogen and oxygen atoms in total. The summed E-state index contributed by atoms with van der Waals surface area (Å²) in [5, 5.41) is 12.1. The summed E-state index contributed by atoms with van der Waals surface area (Å²) in [7, 11) is 0. The quantitative estimate of drug-likeness (QED) is 0.797. The Morgan fingerprint density at radius 1 is 1.38 bits per heavy atom. The van der Waals surface area contributed by atoms with Crippen molar-refractivity contribution in [1.29, 1.82) is 0 Å². The van der Waals surface area contributed by atoms with E-state index in [0.717, 1.165) is 12.0 Å². The monoisotopic (exact) mass is 221 g/mol. The van der Waals surface area contributed by atoms with Crippen LogP contribution in [0.3, 0.4) is 0 Å². The van der Waals surface area contributed by atoms with Crippen molar-refractivity contribution in [3.8, 4) is 0 Å². The summed E-state index contributed by atoms with van der Waals surface area (Å²) in [6, 6.07) is 9.20. The summed E-state index contributed by atoms with van der Waals surface area (Å²) >= 11 is 0. The fourth-order valence-electron chi connectivity index (χ4n) is 1.42. The van der Waals surface area contributed by atoms with E-state index < -0.39 is 0 Å². The lowest BCUT2D eigenvalue weighted by atomic mass is 10.0. The molecule has 1 amide bonds. The molecule has 0 aliphatic rings. The lowest BCUT2D eigenvalue weighted by molar-refractivity contribution is -0.125. The van der Waals surface area contributed by atoms with Crippen LogP contribution >= 0.6 is 0 Å². The van der Waals surface area contributed by atoms with Gasteiger partial charge in [-0.05, 0) is 12.0 Å². The predicted molar refractivity (Wildman–Crippen MR) is 63.9 cm³/mol. The molecular weight excluding hydrogens is 202 g/mol. The average molecular weight is 221 g/mol. The topological polar surface area (TPSA) is 49.3 Å². The van der Waals surface area contributed by atoms with Gasteiger partial charge < -0.3 is 10.4 Å². The van der Waals surface area contributed by atoms with Gasteiger partial charge in [0.1, 0.15) is 0 Å². The zero-order valence-corrected chi connectivity index (χ0v) is 9.81. The van der Waals surface area contributed by atoms with E-state index in [1.54, 1.807) is 0 Å². The van der Waals surface area contributed by atoms with Gasteiger partial charge in [0.25, 0.3) is 0 Å². The summed E-state index contributed by atoms with van der Waals surface area (Å²) < 4.78 is 0. The minimum atomic E-state index is -0.303. The molecule has 0 radical (unpaired) electrons. The Hall–Kier alpha value is -1.35. The molecule has 0 fully saturated rings. The first-order chi connectivity index (χ1) is 7.69. The number of rotatable bonds is 5. The normalized spacial score (nSPS) is 14.2. The van der Waals surface area contributed by atoms with Gasteiger partial charge in [0.05, 0.1) is 12.6 Å². The van der Waals surface area contributed by atoms with Crippen LogP contribution in [0.15, 0.2) is 30.3 Å². The van der Waals surface area contributed by atoms with Gasteiger partial charge in [0, 0.05) is 5.92 Å². The first-order valence-corrected chi connectivity index (χ1v) is 5.65. The maximum Gasteiger partial charge on any atom is 0.223 e.